The molecule has 0 saturated carbocycles. The molecule has 0 aliphatic carbocycles. The van der Waals surface area contributed by atoms with Crippen molar-refractivity contribution in [1.82, 2.24) is 4.98 Å². The van der Waals surface area contributed by atoms with Gasteiger partial charge >= 0.3 is 12.1 Å². The molecule has 1 heterocycles. The SMILES string of the molecule is CN(CCC(=O)O)c1ccc(Br)c(C(F)(F)F)n1. The summed E-state index contributed by atoms with van der Waals surface area (Å²) in [5.41, 5.74) is -1.03. The average molecular weight is 327 g/mol. The van der Waals surface area contributed by atoms with E-state index in [1.54, 1.807) is 0 Å². The van der Waals surface area contributed by atoms with Crippen molar-refractivity contribution in [3.05, 3.63) is 22.3 Å². The Bertz CT molecular complexity index is 451. The highest BCUT2D eigenvalue weighted by molar-refractivity contribution is 9.10. The minimum Gasteiger partial charge on any atom is -0.481 e. The smallest absolute Gasteiger partial charge is 0.434 e. The summed E-state index contributed by atoms with van der Waals surface area (Å²) in [5, 5.41) is 8.50. The summed E-state index contributed by atoms with van der Waals surface area (Å²) in [4.78, 5) is 15.2. The van der Waals surface area contributed by atoms with E-state index in [0.717, 1.165) is 0 Å². The molecule has 0 saturated heterocycles. The molecule has 0 bridgehead atoms. The molecule has 1 aromatic rings. The van der Waals surface area contributed by atoms with E-state index in [1.165, 1.54) is 24.1 Å². The summed E-state index contributed by atoms with van der Waals surface area (Å²) in [6, 6.07) is 2.63. The van der Waals surface area contributed by atoms with Crippen LogP contribution in [0.15, 0.2) is 16.6 Å². The van der Waals surface area contributed by atoms with E-state index in [1.807, 2.05) is 0 Å². The molecule has 0 aromatic carbocycles. The molecular weight excluding hydrogens is 317 g/mol. The number of pyridine rings is 1. The fourth-order valence-corrected chi connectivity index (χ4v) is 1.67. The van der Waals surface area contributed by atoms with Crippen LogP contribution in [0.5, 0.6) is 0 Å². The number of halogens is 4. The minimum atomic E-state index is -4.55. The van der Waals surface area contributed by atoms with Gasteiger partial charge in [0.1, 0.15) is 5.82 Å². The number of rotatable bonds is 4. The first-order chi connectivity index (χ1) is 8.21. The van der Waals surface area contributed by atoms with Crippen LogP contribution in [0.2, 0.25) is 0 Å². The van der Waals surface area contributed by atoms with Crippen LogP contribution >= 0.6 is 15.9 Å². The van der Waals surface area contributed by atoms with E-state index in [9.17, 15) is 18.0 Å². The van der Waals surface area contributed by atoms with Gasteiger partial charge in [-0.2, -0.15) is 13.2 Å². The second-order valence-electron chi connectivity index (χ2n) is 3.56. The van der Waals surface area contributed by atoms with E-state index < -0.39 is 17.8 Å². The lowest BCUT2D eigenvalue weighted by atomic mass is 10.3. The van der Waals surface area contributed by atoms with Gasteiger partial charge < -0.3 is 10.0 Å². The molecule has 1 aromatic heterocycles. The van der Waals surface area contributed by atoms with Gasteiger partial charge in [-0.1, -0.05) is 0 Å². The Balaban J connectivity index is 2.94. The minimum absolute atomic E-state index is 0.0757. The highest BCUT2D eigenvalue weighted by Crippen LogP contribution is 2.34. The molecule has 0 radical (unpaired) electrons. The van der Waals surface area contributed by atoms with Crippen LogP contribution in [-0.4, -0.2) is 29.7 Å². The molecule has 8 heteroatoms. The second-order valence-corrected chi connectivity index (χ2v) is 4.42. The van der Waals surface area contributed by atoms with E-state index in [4.69, 9.17) is 5.11 Å². The number of carboxylic acids is 1. The highest BCUT2D eigenvalue weighted by Gasteiger charge is 2.35. The first-order valence-corrected chi connectivity index (χ1v) is 5.68. The predicted octanol–water partition coefficient (Wildman–Crippen LogP) is 2.77. The molecule has 100 valence electrons. The standard InChI is InChI=1S/C10H10BrF3N2O2/c1-16(5-4-8(17)18)7-3-2-6(11)9(15-7)10(12,13)14/h2-3H,4-5H2,1H3,(H,17,18). The third-order valence-corrected chi connectivity index (χ3v) is 2.79. The zero-order chi connectivity index (χ0) is 13.9. The Labute approximate surface area is 110 Å². The number of aromatic nitrogens is 1. The third-order valence-electron chi connectivity index (χ3n) is 2.15. The summed E-state index contributed by atoms with van der Waals surface area (Å²) in [7, 11) is 1.49. The van der Waals surface area contributed by atoms with E-state index >= 15 is 0 Å². The molecule has 0 spiro atoms. The fraction of sp³-hybridized carbons (Fsp3) is 0.400. The van der Waals surface area contributed by atoms with Crippen LogP contribution < -0.4 is 4.90 Å². The predicted molar refractivity (Wildman–Crippen MR) is 62.5 cm³/mol. The lowest BCUT2D eigenvalue weighted by Crippen LogP contribution is -2.23. The van der Waals surface area contributed by atoms with Crippen LogP contribution in [0.3, 0.4) is 0 Å². The molecule has 18 heavy (non-hydrogen) atoms. The van der Waals surface area contributed by atoms with Gasteiger partial charge in [0.25, 0.3) is 0 Å². The number of hydrogen-bond acceptors (Lipinski definition) is 3. The van der Waals surface area contributed by atoms with Crippen molar-refractivity contribution in [2.75, 3.05) is 18.5 Å². The number of anilines is 1. The molecular formula is C10H10BrF3N2O2. The second kappa shape index (κ2) is 5.55. The maximum absolute atomic E-state index is 12.6. The van der Waals surface area contributed by atoms with Crippen molar-refractivity contribution in [3.8, 4) is 0 Å². The molecule has 1 rings (SSSR count). The normalized spacial score (nSPS) is 11.4. The summed E-state index contributed by atoms with van der Waals surface area (Å²) in [5.74, 6) is -0.943. The zero-order valence-electron chi connectivity index (χ0n) is 9.33. The largest absolute Gasteiger partial charge is 0.481 e. The van der Waals surface area contributed by atoms with Gasteiger partial charge in [0.15, 0.2) is 5.69 Å². The molecule has 0 amide bonds. The Morgan fingerprint density at radius 2 is 2.11 bits per heavy atom. The van der Waals surface area contributed by atoms with Gasteiger partial charge in [0, 0.05) is 18.1 Å². The summed E-state index contributed by atoms with van der Waals surface area (Å²) >= 11 is 2.78. The number of carboxylic acid groups (broad SMARTS) is 1. The Morgan fingerprint density at radius 3 is 2.61 bits per heavy atom. The topological polar surface area (TPSA) is 53.4 Å². The molecule has 0 fully saturated rings. The summed E-state index contributed by atoms with van der Waals surface area (Å²) < 4.78 is 37.7. The fourth-order valence-electron chi connectivity index (χ4n) is 1.22. The number of alkyl halides is 3. The molecule has 0 atom stereocenters. The van der Waals surface area contributed by atoms with Crippen molar-refractivity contribution >= 4 is 27.7 Å². The van der Waals surface area contributed by atoms with Gasteiger partial charge in [-0.15, -0.1) is 0 Å². The van der Waals surface area contributed by atoms with Crippen molar-refractivity contribution in [3.63, 3.8) is 0 Å². The molecule has 0 aliphatic heterocycles. The monoisotopic (exact) mass is 326 g/mol. The van der Waals surface area contributed by atoms with Gasteiger partial charge in [0.05, 0.1) is 6.42 Å². The Kier molecular flexibility index (Phi) is 4.55. The zero-order valence-corrected chi connectivity index (χ0v) is 10.9. The van der Waals surface area contributed by atoms with Gasteiger partial charge in [-0.25, -0.2) is 4.98 Å². The van der Waals surface area contributed by atoms with Crippen LogP contribution in [0.4, 0.5) is 19.0 Å². The van der Waals surface area contributed by atoms with Crippen LogP contribution in [0.25, 0.3) is 0 Å². The lowest BCUT2D eigenvalue weighted by Gasteiger charge is -2.19. The van der Waals surface area contributed by atoms with Crippen LogP contribution in [0, 0.1) is 0 Å². The maximum atomic E-state index is 12.6. The van der Waals surface area contributed by atoms with Crippen molar-refractivity contribution in [1.29, 1.82) is 0 Å². The Hall–Kier alpha value is -1.31. The van der Waals surface area contributed by atoms with Gasteiger partial charge in [-0.3, -0.25) is 4.79 Å². The number of hydrogen-bond donors (Lipinski definition) is 1. The van der Waals surface area contributed by atoms with Gasteiger partial charge in [0.2, 0.25) is 0 Å². The van der Waals surface area contributed by atoms with Gasteiger partial charge in [-0.05, 0) is 28.1 Å². The van der Waals surface area contributed by atoms with Crippen LogP contribution in [0.1, 0.15) is 12.1 Å². The summed E-state index contributed by atoms with van der Waals surface area (Å²) in [6.07, 6.45) is -4.72. The average Bonchev–Trinajstić information content (AvgIpc) is 2.24. The number of nitrogens with zero attached hydrogens (tertiary/aromatic N) is 2. The molecule has 0 aliphatic rings. The van der Waals surface area contributed by atoms with E-state index in [0.29, 0.717) is 0 Å². The lowest BCUT2D eigenvalue weighted by molar-refractivity contribution is -0.142. The summed E-state index contributed by atoms with van der Waals surface area (Å²) in [6.45, 7) is 0.0846. The third kappa shape index (κ3) is 3.86. The number of carbonyl (C=O) groups is 1. The quantitative estimate of drug-likeness (QED) is 0.924. The molecule has 1 N–H and O–H groups in total. The van der Waals surface area contributed by atoms with Crippen LogP contribution in [-0.2, 0) is 11.0 Å². The molecule has 0 unspecified atom stereocenters. The van der Waals surface area contributed by atoms with E-state index in [-0.39, 0.29) is 23.3 Å². The Morgan fingerprint density at radius 1 is 1.50 bits per heavy atom. The first-order valence-electron chi connectivity index (χ1n) is 4.88. The van der Waals surface area contributed by atoms with Crippen molar-refractivity contribution < 1.29 is 23.1 Å². The van der Waals surface area contributed by atoms with Crippen molar-refractivity contribution in [2.45, 2.75) is 12.6 Å². The highest BCUT2D eigenvalue weighted by atomic mass is 79.9. The first kappa shape index (κ1) is 14.7. The number of aliphatic carboxylic acids is 1. The maximum Gasteiger partial charge on any atom is 0.434 e. The van der Waals surface area contributed by atoms with E-state index in [2.05, 4.69) is 20.9 Å². The van der Waals surface area contributed by atoms with Crippen molar-refractivity contribution in [2.24, 2.45) is 0 Å². The molecule has 4 nitrogen and oxygen atoms in total.